The summed E-state index contributed by atoms with van der Waals surface area (Å²) in [4.78, 5) is 19.1. The average Bonchev–Trinajstić information content (AvgIpc) is 2.88. The first kappa shape index (κ1) is 25.5. The predicted molar refractivity (Wildman–Crippen MR) is 138 cm³/mol. The molecule has 4 nitrogen and oxygen atoms in total. The molecule has 180 valence electrons. The second kappa shape index (κ2) is 12.9. The van der Waals surface area contributed by atoms with Gasteiger partial charge in [-0.15, -0.1) is 0 Å². The quantitative estimate of drug-likeness (QED) is 0.350. The molecule has 1 saturated heterocycles. The van der Waals surface area contributed by atoms with Gasteiger partial charge in [0.05, 0.1) is 18.8 Å². The SMILES string of the molecule is CCCCN(CCCC)C(CC)(Cc1ccccc1)C(=O)c1ccc(N2CCOCC2)cc1. The van der Waals surface area contributed by atoms with Crippen molar-refractivity contribution in [2.24, 2.45) is 0 Å². The zero-order chi connectivity index (χ0) is 23.5. The molecule has 0 amide bonds. The van der Waals surface area contributed by atoms with E-state index in [1.807, 2.05) is 12.1 Å². The summed E-state index contributed by atoms with van der Waals surface area (Å²) in [5, 5.41) is 0. The Morgan fingerprint density at radius 3 is 2.06 bits per heavy atom. The second-order valence-electron chi connectivity index (χ2n) is 9.22. The first-order valence-electron chi connectivity index (χ1n) is 12.9. The van der Waals surface area contributed by atoms with E-state index in [2.05, 4.69) is 73.0 Å². The van der Waals surface area contributed by atoms with Crippen molar-refractivity contribution in [2.45, 2.75) is 64.8 Å². The maximum atomic E-state index is 14.3. The summed E-state index contributed by atoms with van der Waals surface area (Å²) in [6.45, 7) is 11.9. The first-order valence-corrected chi connectivity index (χ1v) is 12.9. The fourth-order valence-electron chi connectivity index (χ4n) is 4.93. The van der Waals surface area contributed by atoms with Gasteiger partial charge in [-0.3, -0.25) is 9.69 Å². The van der Waals surface area contributed by atoms with Crippen molar-refractivity contribution in [3.8, 4) is 0 Å². The molecule has 2 aromatic rings. The van der Waals surface area contributed by atoms with Gasteiger partial charge in [0.2, 0.25) is 0 Å². The maximum Gasteiger partial charge on any atom is 0.183 e. The van der Waals surface area contributed by atoms with Crippen LogP contribution in [-0.2, 0) is 11.2 Å². The lowest BCUT2D eigenvalue weighted by Crippen LogP contribution is -2.56. The third-order valence-corrected chi connectivity index (χ3v) is 7.02. The van der Waals surface area contributed by atoms with Crippen LogP contribution in [0.1, 0.15) is 68.8 Å². The summed E-state index contributed by atoms with van der Waals surface area (Å²) in [6.07, 6.45) is 6.06. The number of hydrogen-bond donors (Lipinski definition) is 0. The van der Waals surface area contributed by atoms with Gasteiger partial charge in [-0.25, -0.2) is 0 Å². The van der Waals surface area contributed by atoms with Gasteiger partial charge in [0.15, 0.2) is 5.78 Å². The maximum absolute atomic E-state index is 14.3. The smallest absolute Gasteiger partial charge is 0.183 e. The van der Waals surface area contributed by atoms with Crippen LogP contribution in [0.4, 0.5) is 5.69 Å². The molecule has 2 aromatic carbocycles. The van der Waals surface area contributed by atoms with Crippen LogP contribution in [0.2, 0.25) is 0 Å². The molecule has 33 heavy (non-hydrogen) atoms. The van der Waals surface area contributed by atoms with Gasteiger partial charge >= 0.3 is 0 Å². The van der Waals surface area contributed by atoms with E-state index in [9.17, 15) is 4.79 Å². The van der Waals surface area contributed by atoms with E-state index in [4.69, 9.17) is 4.74 Å². The van der Waals surface area contributed by atoms with Gasteiger partial charge in [-0.2, -0.15) is 0 Å². The summed E-state index contributed by atoms with van der Waals surface area (Å²) in [5.74, 6) is 0.259. The standard InChI is InChI=1S/C29H42N2O2/c1-4-7-18-31(19-8-5-2)29(6-3,24-25-12-10-9-11-13-25)28(32)26-14-16-27(17-15-26)30-20-22-33-23-21-30/h9-17H,4-8,18-24H2,1-3H3. The first-order chi connectivity index (χ1) is 16.1. The Kier molecular flexibility index (Phi) is 9.95. The molecule has 0 aromatic heterocycles. The number of anilines is 1. The van der Waals surface area contributed by atoms with Crippen LogP contribution < -0.4 is 4.90 Å². The normalized spacial score (nSPS) is 16.1. The summed E-state index contributed by atoms with van der Waals surface area (Å²) in [6, 6.07) is 18.9. The molecular weight excluding hydrogens is 408 g/mol. The van der Waals surface area contributed by atoms with Gasteiger partial charge in [-0.1, -0.05) is 63.9 Å². The zero-order valence-corrected chi connectivity index (χ0v) is 20.9. The Morgan fingerprint density at radius 1 is 0.909 bits per heavy atom. The Morgan fingerprint density at radius 2 is 1.52 bits per heavy atom. The van der Waals surface area contributed by atoms with Crippen LogP contribution in [0.15, 0.2) is 54.6 Å². The fraction of sp³-hybridized carbons (Fsp3) is 0.552. The highest BCUT2D eigenvalue weighted by Crippen LogP contribution is 2.31. The summed E-state index contributed by atoms with van der Waals surface area (Å²) in [7, 11) is 0. The van der Waals surface area contributed by atoms with Crippen molar-refractivity contribution in [1.82, 2.24) is 4.90 Å². The Labute approximate surface area is 200 Å². The summed E-state index contributed by atoms with van der Waals surface area (Å²) < 4.78 is 5.49. The van der Waals surface area contributed by atoms with Crippen molar-refractivity contribution in [2.75, 3.05) is 44.3 Å². The molecule has 3 rings (SSSR count). The van der Waals surface area contributed by atoms with Gasteiger partial charge < -0.3 is 9.64 Å². The number of carbonyl (C=O) groups excluding carboxylic acids is 1. The van der Waals surface area contributed by atoms with E-state index >= 15 is 0 Å². The molecule has 0 N–H and O–H groups in total. The minimum atomic E-state index is -0.522. The fourth-order valence-corrected chi connectivity index (χ4v) is 4.93. The Bertz CT molecular complexity index is 822. The minimum absolute atomic E-state index is 0.259. The highest BCUT2D eigenvalue weighted by atomic mass is 16.5. The highest BCUT2D eigenvalue weighted by molar-refractivity contribution is 6.03. The monoisotopic (exact) mass is 450 g/mol. The van der Waals surface area contributed by atoms with Gasteiger partial charge in [0.1, 0.15) is 0 Å². The zero-order valence-electron chi connectivity index (χ0n) is 20.9. The van der Waals surface area contributed by atoms with Crippen molar-refractivity contribution in [3.63, 3.8) is 0 Å². The van der Waals surface area contributed by atoms with Gasteiger partial charge in [0, 0.05) is 24.3 Å². The van der Waals surface area contributed by atoms with Gasteiger partial charge in [-0.05, 0) is 68.6 Å². The molecule has 1 aliphatic rings. The summed E-state index contributed by atoms with van der Waals surface area (Å²) in [5.41, 5.74) is 2.71. The lowest BCUT2D eigenvalue weighted by Gasteiger charge is -2.43. The molecule has 1 aliphatic heterocycles. The molecule has 1 fully saturated rings. The number of Topliss-reactive ketones (excluding diaryl/α,β-unsaturated/α-hetero) is 1. The number of unbranched alkanes of at least 4 members (excludes halogenated alkanes) is 2. The topological polar surface area (TPSA) is 32.8 Å². The van der Waals surface area contributed by atoms with Crippen molar-refractivity contribution < 1.29 is 9.53 Å². The lowest BCUT2D eigenvalue weighted by molar-refractivity contribution is 0.0499. The number of ether oxygens (including phenoxy) is 1. The number of morpholine rings is 1. The molecule has 1 unspecified atom stereocenters. The number of rotatable bonds is 13. The van der Waals surface area contributed by atoms with E-state index in [0.717, 1.165) is 83.5 Å². The predicted octanol–water partition coefficient (Wildman–Crippen LogP) is 6.00. The van der Waals surface area contributed by atoms with Crippen LogP contribution in [0, 0.1) is 0 Å². The second-order valence-corrected chi connectivity index (χ2v) is 9.22. The Balaban J connectivity index is 1.94. The van der Waals surface area contributed by atoms with Crippen LogP contribution in [-0.4, -0.2) is 55.6 Å². The van der Waals surface area contributed by atoms with E-state index < -0.39 is 5.54 Å². The molecular formula is C29H42N2O2. The molecule has 4 heteroatoms. The number of nitrogens with zero attached hydrogens (tertiary/aromatic N) is 2. The molecule has 0 bridgehead atoms. The molecule has 0 aliphatic carbocycles. The van der Waals surface area contributed by atoms with Crippen molar-refractivity contribution >= 4 is 11.5 Å². The Hall–Kier alpha value is -2.17. The number of ketones is 1. The van der Waals surface area contributed by atoms with Crippen LogP contribution in [0.5, 0.6) is 0 Å². The van der Waals surface area contributed by atoms with E-state index in [-0.39, 0.29) is 5.78 Å². The number of benzene rings is 2. The molecule has 0 spiro atoms. The molecule has 1 atom stereocenters. The molecule has 1 heterocycles. The van der Waals surface area contributed by atoms with E-state index in [0.29, 0.717) is 0 Å². The third kappa shape index (κ3) is 6.45. The van der Waals surface area contributed by atoms with Crippen LogP contribution in [0.3, 0.4) is 0 Å². The minimum Gasteiger partial charge on any atom is -0.378 e. The van der Waals surface area contributed by atoms with E-state index in [1.54, 1.807) is 0 Å². The van der Waals surface area contributed by atoms with E-state index in [1.165, 1.54) is 11.3 Å². The van der Waals surface area contributed by atoms with Gasteiger partial charge in [0.25, 0.3) is 0 Å². The highest BCUT2D eigenvalue weighted by Gasteiger charge is 2.42. The molecule has 0 saturated carbocycles. The van der Waals surface area contributed by atoms with Crippen LogP contribution >= 0.6 is 0 Å². The number of hydrogen-bond acceptors (Lipinski definition) is 4. The largest absolute Gasteiger partial charge is 0.378 e. The summed E-state index contributed by atoms with van der Waals surface area (Å²) >= 11 is 0. The average molecular weight is 451 g/mol. The van der Waals surface area contributed by atoms with Crippen molar-refractivity contribution in [1.29, 1.82) is 0 Å². The lowest BCUT2D eigenvalue weighted by atomic mass is 9.79. The third-order valence-electron chi connectivity index (χ3n) is 7.02. The van der Waals surface area contributed by atoms with Crippen LogP contribution in [0.25, 0.3) is 0 Å². The number of carbonyl (C=O) groups is 1. The molecule has 0 radical (unpaired) electrons. The van der Waals surface area contributed by atoms with Crippen molar-refractivity contribution in [3.05, 3.63) is 65.7 Å².